The topological polar surface area (TPSA) is 114 Å². The van der Waals surface area contributed by atoms with Crippen LogP contribution < -0.4 is 16.1 Å². The summed E-state index contributed by atoms with van der Waals surface area (Å²) in [5.41, 5.74) is 9.82. The van der Waals surface area contributed by atoms with Gasteiger partial charge in [-0.2, -0.15) is 0 Å². The number of rotatable bonds is 4. The molecule has 9 heteroatoms. The SMILES string of the molecule is CCc1cc(N)ncc1-n1cc(C(=O)O)c(=O)c2cc(Cl)c(N3Cc4cccnc4C3)cc21. The van der Waals surface area contributed by atoms with E-state index in [1.165, 1.54) is 6.20 Å². The number of aryl methyl sites for hydroxylation is 1. The molecule has 3 aromatic heterocycles. The third-order valence-corrected chi connectivity index (χ3v) is 6.26. The van der Waals surface area contributed by atoms with Gasteiger partial charge < -0.3 is 20.3 Å². The number of nitrogen functional groups attached to an aromatic ring is 1. The first-order valence-corrected chi connectivity index (χ1v) is 10.8. The monoisotopic (exact) mass is 461 g/mol. The predicted octanol–water partition coefficient (Wildman–Crippen LogP) is 3.80. The second kappa shape index (κ2) is 7.90. The first-order chi connectivity index (χ1) is 15.9. The smallest absolute Gasteiger partial charge is 0.341 e. The third-order valence-electron chi connectivity index (χ3n) is 5.96. The van der Waals surface area contributed by atoms with Crippen molar-refractivity contribution in [3.63, 3.8) is 0 Å². The van der Waals surface area contributed by atoms with Crippen molar-refractivity contribution < 1.29 is 9.90 Å². The van der Waals surface area contributed by atoms with E-state index in [0.717, 1.165) is 22.5 Å². The molecular formula is C24H20ClN5O3. The molecule has 4 heterocycles. The summed E-state index contributed by atoms with van der Waals surface area (Å²) in [5, 5.41) is 10.3. The third kappa shape index (κ3) is 3.48. The highest BCUT2D eigenvalue weighted by Gasteiger charge is 2.24. The van der Waals surface area contributed by atoms with Crippen LogP contribution in [0.3, 0.4) is 0 Å². The molecule has 0 radical (unpaired) electrons. The zero-order chi connectivity index (χ0) is 23.3. The van der Waals surface area contributed by atoms with E-state index in [-0.39, 0.29) is 10.9 Å². The molecule has 1 aliphatic rings. The summed E-state index contributed by atoms with van der Waals surface area (Å²) in [6, 6.07) is 9.05. The highest BCUT2D eigenvalue weighted by Crippen LogP contribution is 2.36. The first kappa shape index (κ1) is 21.0. The van der Waals surface area contributed by atoms with Crippen LogP contribution in [0.2, 0.25) is 5.02 Å². The van der Waals surface area contributed by atoms with E-state index in [4.69, 9.17) is 17.3 Å². The number of anilines is 2. The van der Waals surface area contributed by atoms with Gasteiger partial charge in [-0.25, -0.2) is 9.78 Å². The molecule has 3 N–H and O–H groups in total. The Kier molecular flexibility index (Phi) is 5.02. The van der Waals surface area contributed by atoms with Gasteiger partial charge in [-0.3, -0.25) is 9.78 Å². The number of carboxylic acid groups (broad SMARTS) is 1. The fourth-order valence-corrected chi connectivity index (χ4v) is 4.59. The van der Waals surface area contributed by atoms with E-state index < -0.39 is 11.4 Å². The lowest BCUT2D eigenvalue weighted by Gasteiger charge is -2.22. The Morgan fingerprint density at radius 1 is 1.21 bits per heavy atom. The van der Waals surface area contributed by atoms with E-state index in [0.29, 0.717) is 41.6 Å². The molecule has 0 saturated carbocycles. The Morgan fingerprint density at radius 2 is 2.03 bits per heavy atom. The van der Waals surface area contributed by atoms with Crippen LogP contribution in [0.15, 0.2) is 53.7 Å². The second-order valence-corrected chi connectivity index (χ2v) is 8.33. The molecular weight excluding hydrogens is 442 g/mol. The molecule has 5 rings (SSSR count). The van der Waals surface area contributed by atoms with Crippen molar-refractivity contribution in [2.24, 2.45) is 0 Å². The van der Waals surface area contributed by atoms with Crippen molar-refractivity contribution in [3.8, 4) is 5.69 Å². The normalized spacial score (nSPS) is 12.8. The minimum absolute atomic E-state index is 0.220. The molecule has 166 valence electrons. The molecule has 0 unspecified atom stereocenters. The van der Waals surface area contributed by atoms with Crippen LogP contribution in [0.4, 0.5) is 11.5 Å². The maximum atomic E-state index is 13.0. The van der Waals surface area contributed by atoms with Gasteiger partial charge in [-0.15, -0.1) is 0 Å². The number of nitrogens with zero attached hydrogens (tertiary/aromatic N) is 4. The van der Waals surface area contributed by atoms with E-state index in [1.807, 2.05) is 25.1 Å². The van der Waals surface area contributed by atoms with Gasteiger partial charge in [0.15, 0.2) is 0 Å². The zero-order valence-corrected chi connectivity index (χ0v) is 18.5. The number of benzene rings is 1. The van der Waals surface area contributed by atoms with Gasteiger partial charge in [-0.1, -0.05) is 24.6 Å². The second-order valence-electron chi connectivity index (χ2n) is 7.92. The number of aromatic carboxylic acids is 1. The molecule has 1 aromatic carbocycles. The fraction of sp³-hybridized carbons (Fsp3) is 0.167. The van der Waals surface area contributed by atoms with Gasteiger partial charge in [-0.05, 0) is 41.8 Å². The number of carbonyl (C=O) groups is 1. The van der Waals surface area contributed by atoms with Gasteiger partial charge in [0.25, 0.3) is 0 Å². The summed E-state index contributed by atoms with van der Waals surface area (Å²) in [6.07, 6.45) is 5.34. The van der Waals surface area contributed by atoms with Gasteiger partial charge >= 0.3 is 5.97 Å². The Hall–Kier alpha value is -3.91. The number of carboxylic acids is 1. The minimum atomic E-state index is -1.31. The number of aromatic nitrogens is 3. The van der Waals surface area contributed by atoms with Crippen LogP contribution in [-0.4, -0.2) is 25.6 Å². The number of hydrogen-bond acceptors (Lipinski definition) is 6. The molecule has 0 amide bonds. The van der Waals surface area contributed by atoms with Crippen molar-refractivity contribution in [1.29, 1.82) is 0 Å². The Morgan fingerprint density at radius 3 is 2.76 bits per heavy atom. The van der Waals surface area contributed by atoms with Crippen LogP contribution in [0.25, 0.3) is 16.6 Å². The van der Waals surface area contributed by atoms with Crippen molar-refractivity contribution >= 4 is 40.0 Å². The van der Waals surface area contributed by atoms with Crippen molar-refractivity contribution in [3.05, 3.63) is 86.6 Å². The average Bonchev–Trinajstić information content (AvgIpc) is 3.23. The summed E-state index contributed by atoms with van der Waals surface area (Å²) in [6.45, 7) is 3.19. The number of nitrogens with two attached hydrogens (primary N) is 1. The lowest BCUT2D eigenvalue weighted by Crippen LogP contribution is -2.20. The van der Waals surface area contributed by atoms with Gasteiger partial charge in [0.2, 0.25) is 5.43 Å². The van der Waals surface area contributed by atoms with Gasteiger partial charge in [0, 0.05) is 24.3 Å². The molecule has 0 saturated heterocycles. The maximum Gasteiger partial charge on any atom is 0.341 e. The van der Waals surface area contributed by atoms with E-state index in [9.17, 15) is 14.7 Å². The summed E-state index contributed by atoms with van der Waals surface area (Å²) >= 11 is 6.62. The minimum Gasteiger partial charge on any atom is -0.477 e. The lowest BCUT2D eigenvalue weighted by molar-refractivity contribution is 0.0695. The summed E-state index contributed by atoms with van der Waals surface area (Å²) < 4.78 is 1.69. The number of halogens is 1. The molecule has 0 aliphatic carbocycles. The zero-order valence-electron chi connectivity index (χ0n) is 17.7. The van der Waals surface area contributed by atoms with E-state index >= 15 is 0 Å². The van der Waals surface area contributed by atoms with E-state index in [2.05, 4.69) is 14.9 Å². The highest BCUT2D eigenvalue weighted by molar-refractivity contribution is 6.34. The lowest BCUT2D eigenvalue weighted by atomic mass is 10.1. The number of pyridine rings is 3. The standard InChI is InChI=1S/C24H20ClN5O3/c1-2-13-6-22(26)28-9-21(13)30-11-16(24(32)33)23(31)15-7-17(25)20(8-19(15)30)29-10-14-4-3-5-27-18(14)12-29/h3-9,11H,2,10,12H2,1H3,(H2,26,28)(H,32,33). The summed E-state index contributed by atoms with van der Waals surface area (Å²) in [7, 11) is 0. The molecule has 0 atom stereocenters. The predicted molar refractivity (Wildman–Crippen MR) is 127 cm³/mol. The first-order valence-electron chi connectivity index (χ1n) is 10.4. The summed E-state index contributed by atoms with van der Waals surface area (Å²) in [5.74, 6) is -0.941. The van der Waals surface area contributed by atoms with Crippen molar-refractivity contribution in [1.82, 2.24) is 14.5 Å². The van der Waals surface area contributed by atoms with Crippen molar-refractivity contribution in [2.75, 3.05) is 10.6 Å². The van der Waals surface area contributed by atoms with Crippen LogP contribution >= 0.6 is 11.6 Å². The molecule has 4 aromatic rings. The maximum absolute atomic E-state index is 13.0. The Bertz CT molecular complexity index is 1470. The molecule has 0 spiro atoms. The van der Waals surface area contributed by atoms with E-state index in [1.54, 1.807) is 29.1 Å². The largest absolute Gasteiger partial charge is 0.477 e. The Labute approximate surface area is 193 Å². The van der Waals surface area contributed by atoms with Crippen molar-refractivity contribution in [2.45, 2.75) is 26.4 Å². The molecule has 8 nitrogen and oxygen atoms in total. The van der Waals surface area contributed by atoms with Crippen LogP contribution in [0.5, 0.6) is 0 Å². The average molecular weight is 462 g/mol. The van der Waals surface area contributed by atoms with Crippen LogP contribution in [0, 0.1) is 0 Å². The van der Waals surface area contributed by atoms with Gasteiger partial charge in [0.1, 0.15) is 11.4 Å². The number of hydrogen-bond donors (Lipinski definition) is 2. The molecule has 0 bridgehead atoms. The van der Waals surface area contributed by atoms with Crippen LogP contribution in [-0.2, 0) is 19.5 Å². The molecule has 1 aliphatic heterocycles. The Balaban J connectivity index is 1.77. The molecule has 0 fully saturated rings. The fourth-order valence-electron chi connectivity index (χ4n) is 4.31. The number of fused-ring (bicyclic) bond motifs is 2. The highest BCUT2D eigenvalue weighted by atomic mass is 35.5. The van der Waals surface area contributed by atoms with Crippen LogP contribution in [0.1, 0.15) is 34.1 Å². The molecule has 33 heavy (non-hydrogen) atoms. The quantitative estimate of drug-likeness (QED) is 0.475. The summed E-state index contributed by atoms with van der Waals surface area (Å²) in [4.78, 5) is 35.6. The van der Waals surface area contributed by atoms with Gasteiger partial charge in [0.05, 0.1) is 40.3 Å².